The molecule has 116 valence electrons. The molecule has 4 aromatic rings. The van der Waals surface area contributed by atoms with Crippen molar-refractivity contribution in [3.63, 3.8) is 0 Å². The molecule has 0 fully saturated rings. The number of rotatable bonds is 2. The first kappa shape index (κ1) is 14.2. The molecule has 0 atom stereocenters. The summed E-state index contributed by atoms with van der Waals surface area (Å²) in [5.41, 5.74) is 5.19. The van der Waals surface area contributed by atoms with Gasteiger partial charge in [0.25, 0.3) is 5.82 Å². The van der Waals surface area contributed by atoms with E-state index in [1.807, 2.05) is 36.0 Å². The lowest BCUT2D eigenvalue weighted by molar-refractivity contribution is 0.628. The van der Waals surface area contributed by atoms with Crippen LogP contribution in [0.4, 0.5) is 10.2 Å². The molecule has 3 heterocycles. The summed E-state index contributed by atoms with van der Waals surface area (Å²) in [4.78, 5) is 11.3. The monoisotopic (exact) mass is 316 g/mol. The van der Waals surface area contributed by atoms with Crippen LogP contribution in [0, 0.1) is 12.4 Å². The number of hydrogen-bond acceptors (Lipinski definition) is 1. The average molecular weight is 316 g/mol. The summed E-state index contributed by atoms with van der Waals surface area (Å²) >= 11 is 0. The van der Waals surface area contributed by atoms with Gasteiger partial charge >= 0.3 is 0 Å². The van der Waals surface area contributed by atoms with Crippen LogP contribution in [0.1, 0.15) is 0 Å². The van der Waals surface area contributed by atoms with Crippen LogP contribution in [0.2, 0.25) is 0 Å². The van der Waals surface area contributed by atoms with Gasteiger partial charge in [-0.3, -0.25) is 0 Å². The molecular weight excluding hydrogens is 303 g/mol. The molecule has 0 aliphatic heterocycles. The van der Waals surface area contributed by atoms with E-state index in [-0.39, 0.29) is 5.82 Å². The number of aromatic amines is 1. The number of aromatic nitrogens is 3. The zero-order chi connectivity index (χ0) is 16.7. The fourth-order valence-corrected chi connectivity index (χ4v) is 2.93. The average Bonchev–Trinajstić information content (AvgIpc) is 3.18. The number of nitrogens with one attached hydrogen (secondary N) is 1. The van der Waals surface area contributed by atoms with E-state index in [1.165, 1.54) is 12.1 Å². The largest absolute Gasteiger partial charge is 0.361 e. The summed E-state index contributed by atoms with van der Waals surface area (Å²) in [6, 6.07) is 13.8. The van der Waals surface area contributed by atoms with Gasteiger partial charge in [-0.25, -0.2) is 4.39 Å². The number of fused-ring (bicyclic) bond motifs is 1. The Balaban J connectivity index is 2.08. The first-order chi connectivity index (χ1) is 11.7. The zero-order valence-corrected chi connectivity index (χ0v) is 12.9. The van der Waals surface area contributed by atoms with Crippen LogP contribution < -0.4 is 0 Å². The molecule has 0 aliphatic rings. The Morgan fingerprint density at radius 3 is 2.58 bits per heavy atom. The highest BCUT2D eigenvalue weighted by molar-refractivity contribution is 6.01. The van der Waals surface area contributed by atoms with Gasteiger partial charge in [0.2, 0.25) is 0 Å². The Kier molecular flexibility index (Phi) is 3.17. The maximum atomic E-state index is 13.3. The summed E-state index contributed by atoms with van der Waals surface area (Å²) in [6.07, 6.45) is 1.97. The third-order valence-electron chi connectivity index (χ3n) is 4.07. The molecule has 0 unspecified atom stereocenters. The molecule has 4 rings (SSSR count). The van der Waals surface area contributed by atoms with Crippen molar-refractivity contribution in [2.45, 2.75) is 0 Å². The lowest BCUT2D eigenvalue weighted by atomic mass is 10.0. The Labute approximate surface area is 138 Å². The molecule has 5 heteroatoms. The minimum atomic E-state index is -0.284. The van der Waals surface area contributed by atoms with Gasteiger partial charge in [-0.2, -0.15) is 0 Å². The van der Waals surface area contributed by atoms with Gasteiger partial charge in [0.05, 0.1) is 22.5 Å². The van der Waals surface area contributed by atoms with E-state index in [0.717, 1.165) is 28.0 Å². The molecule has 24 heavy (non-hydrogen) atoms. The summed E-state index contributed by atoms with van der Waals surface area (Å²) in [6.45, 7) is 7.20. The number of nitrogens with zero attached hydrogens (tertiary/aromatic N) is 3. The first-order valence-corrected chi connectivity index (χ1v) is 7.45. The second kappa shape index (κ2) is 5.36. The van der Waals surface area contributed by atoms with Crippen molar-refractivity contribution in [1.29, 1.82) is 0 Å². The molecule has 0 spiro atoms. The van der Waals surface area contributed by atoms with Gasteiger partial charge in [-0.1, -0.05) is 18.7 Å². The Hall–Kier alpha value is -3.39. The van der Waals surface area contributed by atoms with E-state index in [4.69, 9.17) is 6.57 Å². The lowest BCUT2D eigenvalue weighted by Gasteiger charge is -2.05. The van der Waals surface area contributed by atoms with Crippen LogP contribution in [-0.2, 0) is 7.05 Å². The second-order valence-electron chi connectivity index (χ2n) is 5.56. The highest BCUT2D eigenvalue weighted by Crippen LogP contribution is 2.38. The van der Waals surface area contributed by atoms with Gasteiger partial charge in [0.1, 0.15) is 5.82 Å². The van der Waals surface area contributed by atoms with Gasteiger partial charge < -0.3 is 14.4 Å². The SMILES string of the molecule is [C-]#[N+]c1ccc2[nH]c(-c3cccn3C)c(-c3ccc(F)cc3)c2n1. The van der Waals surface area contributed by atoms with Crippen molar-refractivity contribution in [3.05, 3.63) is 72.0 Å². The predicted molar refractivity (Wildman–Crippen MR) is 92.2 cm³/mol. The zero-order valence-electron chi connectivity index (χ0n) is 12.9. The number of pyridine rings is 1. The Bertz CT molecular complexity index is 1080. The van der Waals surface area contributed by atoms with Crippen molar-refractivity contribution >= 4 is 16.9 Å². The van der Waals surface area contributed by atoms with Crippen LogP contribution in [0.3, 0.4) is 0 Å². The molecule has 1 N–H and O–H groups in total. The summed E-state index contributed by atoms with van der Waals surface area (Å²) in [5, 5.41) is 0. The van der Waals surface area contributed by atoms with Gasteiger partial charge in [-0.05, 0) is 42.0 Å². The molecular formula is C19H13FN4. The molecule has 3 aromatic heterocycles. The van der Waals surface area contributed by atoms with Crippen molar-refractivity contribution in [3.8, 4) is 22.5 Å². The fraction of sp³-hybridized carbons (Fsp3) is 0.0526. The third kappa shape index (κ3) is 2.17. The van der Waals surface area contributed by atoms with E-state index in [9.17, 15) is 4.39 Å². The van der Waals surface area contributed by atoms with E-state index in [1.54, 1.807) is 18.2 Å². The van der Waals surface area contributed by atoms with Crippen molar-refractivity contribution in [2.75, 3.05) is 0 Å². The van der Waals surface area contributed by atoms with E-state index < -0.39 is 0 Å². The number of H-pyrrole nitrogens is 1. The highest BCUT2D eigenvalue weighted by atomic mass is 19.1. The second-order valence-corrected chi connectivity index (χ2v) is 5.56. The van der Waals surface area contributed by atoms with Gasteiger partial charge in [0.15, 0.2) is 5.52 Å². The van der Waals surface area contributed by atoms with Crippen molar-refractivity contribution in [1.82, 2.24) is 14.5 Å². The first-order valence-electron chi connectivity index (χ1n) is 7.45. The van der Waals surface area contributed by atoms with Crippen LogP contribution in [0.25, 0.3) is 38.4 Å². The van der Waals surface area contributed by atoms with Crippen LogP contribution in [0.15, 0.2) is 54.7 Å². The van der Waals surface area contributed by atoms with Crippen LogP contribution in [-0.4, -0.2) is 14.5 Å². The minimum Gasteiger partial charge on any atom is -0.361 e. The normalized spacial score (nSPS) is 10.9. The lowest BCUT2D eigenvalue weighted by Crippen LogP contribution is -1.91. The molecule has 4 nitrogen and oxygen atoms in total. The maximum absolute atomic E-state index is 13.3. The molecule has 0 radical (unpaired) electrons. The van der Waals surface area contributed by atoms with Gasteiger partial charge in [-0.15, -0.1) is 4.98 Å². The van der Waals surface area contributed by atoms with Gasteiger partial charge in [0, 0.05) is 13.2 Å². The smallest absolute Gasteiger partial charge is 0.270 e. The number of hydrogen-bond donors (Lipinski definition) is 1. The van der Waals surface area contributed by atoms with Crippen LogP contribution >= 0.6 is 0 Å². The Morgan fingerprint density at radius 1 is 1.12 bits per heavy atom. The topological polar surface area (TPSA) is 38.0 Å². The van der Waals surface area contributed by atoms with Crippen molar-refractivity contribution in [2.24, 2.45) is 7.05 Å². The molecule has 0 saturated carbocycles. The third-order valence-corrected chi connectivity index (χ3v) is 4.07. The van der Waals surface area contributed by atoms with E-state index >= 15 is 0 Å². The highest BCUT2D eigenvalue weighted by Gasteiger charge is 2.20. The Morgan fingerprint density at radius 2 is 1.92 bits per heavy atom. The predicted octanol–water partition coefficient (Wildman–Crippen LogP) is 4.93. The molecule has 0 aliphatic carbocycles. The molecule has 1 aromatic carbocycles. The number of halogens is 1. The summed E-state index contributed by atoms with van der Waals surface area (Å²) < 4.78 is 15.3. The van der Waals surface area contributed by atoms with Crippen LogP contribution in [0.5, 0.6) is 0 Å². The molecule has 0 saturated heterocycles. The van der Waals surface area contributed by atoms with Crippen molar-refractivity contribution < 1.29 is 4.39 Å². The minimum absolute atomic E-state index is 0.284. The number of benzene rings is 1. The van der Waals surface area contributed by atoms with E-state index in [0.29, 0.717) is 11.3 Å². The summed E-state index contributed by atoms with van der Waals surface area (Å²) in [7, 11) is 1.97. The van der Waals surface area contributed by atoms with E-state index in [2.05, 4.69) is 14.8 Å². The quantitative estimate of drug-likeness (QED) is 0.523. The molecule has 0 amide bonds. The number of aryl methyl sites for hydroxylation is 1. The summed E-state index contributed by atoms with van der Waals surface area (Å²) in [5.74, 6) is 0.0529. The molecule has 0 bridgehead atoms. The fourth-order valence-electron chi connectivity index (χ4n) is 2.93. The maximum Gasteiger partial charge on any atom is 0.270 e. The standard InChI is InChI=1S/C19H13FN4/c1-21-16-10-9-14-18(23-16)17(12-5-7-13(20)8-6-12)19(22-14)15-4-3-11-24(15)2/h3-11,22H,2H3.